The van der Waals surface area contributed by atoms with Gasteiger partial charge in [0.05, 0.1) is 14.1 Å². The number of carbonyl (C=O) groups is 2. The normalized spacial score (nSPS) is 18.9. The molecule has 0 unspecified atom stereocenters. The lowest BCUT2D eigenvalue weighted by Gasteiger charge is -1.86. The fourth-order valence-electron chi connectivity index (χ4n) is 0.666. The fraction of sp³-hybridized carbons (Fsp3) is 0.400. The number of likely N-dealkylation sites (N-methyl/N-ethyl adjacent to an activating group) is 2. The second-order valence-corrected chi connectivity index (χ2v) is 1.95. The van der Waals surface area contributed by atoms with Crippen molar-refractivity contribution < 1.29 is 14.2 Å². The van der Waals surface area contributed by atoms with Crippen LogP contribution in [0.2, 0.25) is 0 Å². The Morgan fingerprint density at radius 1 is 1.56 bits per heavy atom. The predicted octanol–water partition coefficient (Wildman–Crippen LogP) is -1.34. The van der Waals surface area contributed by atoms with Gasteiger partial charge >= 0.3 is 11.8 Å². The summed E-state index contributed by atoms with van der Waals surface area (Å²) in [4.78, 5) is 22.5. The Labute approximate surface area is 52.4 Å². The summed E-state index contributed by atoms with van der Waals surface area (Å²) < 4.78 is 1.25. The van der Waals surface area contributed by atoms with Crippen LogP contribution in [0.4, 0.5) is 0 Å². The van der Waals surface area contributed by atoms with E-state index >= 15 is 0 Å². The molecule has 1 heterocycles. The van der Waals surface area contributed by atoms with Crippen LogP contribution < -0.4 is 0 Å². The van der Waals surface area contributed by atoms with Crippen molar-refractivity contribution in [3.05, 3.63) is 0 Å². The lowest BCUT2D eigenvalue weighted by molar-refractivity contribution is -0.405. The molecule has 0 bridgehead atoms. The van der Waals surface area contributed by atoms with Crippen molar-refractivity contribution in [1.29, 1.82) is 0 Å². The summed E-state index contributed by atoms with van der Waals surface area (Å²) >= 11 is 0. The Bertz CT molecular complexity index is 207. The Morgan fingerprint density at radius 3 is 2.22 bits per heavy atom. The highest BCUT2D eigenvalue weighted by molar-refractivity contribution is 6.36. The minimum absolute atomic E-state index is 0.475. The third-order valence-electron chi connectivity index (χ3n) is 1.17. The van der Waals surface area contributed by atoms with Crippen LogP contribution in [0.1, 0.15) is 0 Å². The SMILES string of the molecule is CN1C=[N+](C)C(=O)C1=O. The van der Waals surface area contributed by atoms with E-state index in [1.165, 1.54) is 15.8 Å². The van der Waals surface area contributed by atoms with Crippen LogP contribution in [0.15, 0.2) is 0 Å². The minimum atomic E-state index is -0.475. The molecular formula is C5H7N2O2+. The van der Waals surface area contributed by atoms with Gasteiger partial charge in [0.2, 0.25) is 6.34 Å². The molecule has 0 aromatic carbocycles. The maximum absolute atomic E-state index is 10.6. The molecule has 4 heteroatoms. The van der Waals surface area contributed by atoms with Gasteiger partial charge in [0.25, 0.3) is 0 Å². The molecular weight excluding hydrogens is 120 g/mol. The first-order valence-electron chi connectivity index (χ1n) is 2.52. The molecule has 48 valence electrons. The minimum Gasteiger partial charge on any atom is -0.232 e. The van der Waals surface area contributed by atoms with Gasteiger partial charge in [-0.15, -0.1) is 0 Å². The van der Waals surface area contributed by atoms with Gasteiger partial charge in [0.1, 0.15) is 0 Å². The van der Waals surface area contributed by atoms with Crippen LogP contribution in [0.25, 0.3) is 0 Å². The average Bonchev–Trinajstić information content (AvgIpc) is 1.98. The van der Waals surface area contributed by atoms with Crippen LogP contribution in [0.5, 0.6) is 0 Å². The van der Waals surface area contributed by atoms with Gasteiger partial charge in [0.15, 0.2) is 0 Å². The molecule has 9 heavy (non-hydrogen) atoms. The van der Waals surface area contributed by atoms with E-state index in [0.717, 1.165) is 0 Å². The molecule has 2 amide bonds. The smallest absolute Gasteiger partial charge is 0.232 e. The van der Waals surface area contributed by atoms with Gasteiger partial charge in [-0.2, -0.15) is 9.48 Å². The molecule has 0 aliphatic carbocycles. The molecule has 1 aliphatic heterocycles. The molecule has 0 fully saturated rings. The van der Waals surface area contributed by atoms with E-state index < -0.39 is 11.8 Å². The van der Waals surface area contributed by atoms with Gasteiger partial charge in [-0.25, -0.2) is 9.59 Å². The van der Waals surface area contributed by atoms with Crippen molar-refractivity contribution in [3.8, 4) is 0 Å². The highest BCUT2D eigenvalue weighted by atomic mass is 16.2. The number of nitrogens with zero attached hydrogens (tertiary/aromatic N) is 2. The van der Waals surface area contributed by atoms with E-state index in [4.69, 9.17) is 0 Å². The number of carbonyl (C=O) groups excluding carboxylic acids is 2. The third-order valence-corrected chi connectivity index (χ3v) is 1.17. The van der Waals surface area contributed by atoms with Crippen LogP contribution in [-0.2, 0) is 9.59 Å². The monoisotopic (exact) mass is 127 g/mol. The molecule has 1 rings (SSSR count). The molecule has 0 atom stereocenters. The van der Waals surface area contributed by atoms with Crippen molar-refractivity contribution in [2.24, 2.45) is 0 Å². The van der Waals surface area contributed by atoms with Crippen molar-refractivity contribution >= 4 is 18.2 Å². The molecule has 0 aromatic heterocycles. The van der Waals surface area contributed by atoms with Crippen molar-refractivity contribution in [2.75, 3.05) is 14.1 Å². The molecule has 1 aliphatic rings. The van der Waals surface area contributed by atoms with Crippen LogP contribution in [-0.4, -0.2) is 41.7 Å². The first-order valence-corrected chi connectivity index (χ1v) is 2.52. The summed E-state index contributed by atoms with van der Waals surface area (Å²) in [6.45, 7) is 0. The lowest BCUT2D eigenvalue weighted by atomic mass is 10.6. The second-order valence-electron chi connectivity index (χ2n) is 1.95. The number of hydrogen-bond donors (Lipinski definition) is 0. The molecule has 0 saturated carbocycles. The van der Waals surface area contributed by atoms with Gasteiger partial charge in [-0.1, -0.05) is 0 Å². The molecule has 0 radical (unpaired) electrons. The van der Waals surface area contributed by atoms with Crippen molar-refractivity contribution in [1.82, 2.24) is 4.90 Å². The van der Waals surface area contributed by atoms with Crippen LogP contribution >= 0.6 is 0 Å². The molecule has 4 nitrogen and oxygen atoms in total. The summed E-state index contributed by atoms with van der Waals surface area (Å²) in [6.07, 6.45) is 1.45. The highest BCUT2D eigenvalue weighted by Gasteiger charge is 2.34. The van der Waals surface area contributed by atoms with Gasteiger partial charge < -0.3 is 0 Å². The third kappa shape index (κ3) is 0.718. The first-order chi connectivity index (χ1) is 4.13. The summed E-state index contributed by atoms with van der Waals surface area (Å²) in [7, 11) is 3.09. The van der Waals surface area contributed by atoms with Crippen molar-refractivity contribution in [2.45, 2.75) is 0 Å². The van der Waals surface area contributed by atoms with Crippen LogP contribution in [0.3, 0.4) is 0 Å². The molecule has 0 spiro atoms. The van der Waals surface area contributed by atoms with E-state index in [-0.39, 0.29) is 0 Å². The quantitative estimate of drug-likeness (QED) is 0.298. The lowest BCUT2D eigenvalue weighted by Crippen LogP contribution is -2.25. The largest absolute Gasteiger partial charge is 0.423 e. The molecule has 0 saturated heterocycles. The topological polar surface area (TPSA) is 40.4 Å². The highest BCUT2D eigenvalue weighted by Crippen LogP contribution is 1.90. The Hall–Kier alpha value is -1.19. The summed E-state index contributed by atoms with van der Waals surface area (Å²) in [6, 6.07) is 0. The standard InChI is InChI=1S/C5H7N2O2/c1-6-3-7(2)5(9)4(6)8/h3H,1-2H3/q+1. The Morgan fingerprint density at radius 2 is 2.11 bits per heavy atom. The van der Waals surface area contributed by atoms with Crippen molar-refractivity contribution in [3.63, 3.8) is 0 Å². The second kappa shape index (κ2) is 1.65. The molecule has 0 N–H and O–H groups in total. The predicted molar refractivity (Wildman–Crippen MR) is 30.0 cm³/mol. The molecule has 0 aromatic rings. The van der Waals surface area contributed by atoms with E-state index in [1.807, 2.05) is 0 Å². The Balaban J connectivity index is 2.95. The number of hydrogen-bond acceptors (Lipinski definition) is 2. The Kier molecular flexibility index (Phi) is 1.09. The maximum Gasteiger partial charge on any atom is 0.423 e. The van der Waals surface area contributed by atoms with E-state index in [9.17, 15) is 9.59 Å². The number of amides is 2. The van der Waals surface area contributed by atoms with Crippen LogP contribution in [0, 0.1) is 0 Å². The van der Waals surface area contributed by atoms with Gasteiger partial charge in [0, 0.05) is 0 Å². The van der Waals surface area contributed by atoms with Gasteiger partial charge in [-0.3, -0.25) is 0 Å². The average molecular weight is 127 g/mol. The zero-order chi connectivity index (χ0) is 7.02. The van der Waals surface area contributed by atoms with E-state index in [0.29, 0.717) is 0 Å². The maximum atomic E-state index is 10.6. The van der Waals surface area contributed by atoms with Gasteiger partial charge in [-0.05, 0) is 0 Å². The van der Waals surface area contributed by atoms with E-state index in [2.05, 4.69) is 0 Å². The fourth-order valence-corrected chi connectivity index (χ4v) is 0.666. The first kappa shape index (κ1) is 5.94. The van der Waals surface area contributed by atoms with E-state index in [1.54, 1.807) is 14.1 Å². The summed E-state index contributed by atoms with van der Waals surface area (Å²) in [5.41, 5.74) is 0. The summed E-state index contributed by atoms with van der Waals surface area (Å²) in [5.74, 6) is -0.949. The summed E-state index contributed by atoms with van der Waals surface area (Å²) in [5, 5.41) is 0. The number of rotatable bonds is 0. The zero-order valence-corrected chi connectivity index (χ0v) is 5.29. The zero-order valence-electron chi connectivity index (χ0n) is 5.29.